The van der Waals surface area contributed by atoms with E-state index >= 15 is 0 Å². The number of pyridine rings is 1. The summed E-state index contributed by atoms with van der Waals surface area (Å²) in [4.78, 5) is 4.31. The van der Waals surface area contributed by atoms with Gasteiger partial charge in [0.05, 0.1) is 0 Å². The standard InChI is InChI=1S/C14H16N2/c15-9-8-12-4-6-13(7-5-12)11-14-3-1-2-10-16-14/h1-7,10H,8-9,11,15H2. The van der Waals surface area contributed by atoms with E-state index in [1.54, 1.807) is 0 Å². The Balaban J connectivity index is 2.05. The average Bonchev–Trinajstić information content (AvgIpc) is 2.33. The molecule has 0 aliphatic rings. The summed E-state index contributed by atoms with van der Waals surface area (Å²) in [5.41, 5.74) is 9.21. The lowest BCUT2D eigenvalue weighted by molar-refractivity contribution is 0.965. The lowest BCUT2D eigenvalue weighted by atomic mass is 10.1. The van der Waals surface area contributed by atoms with E-state index in [1.807, 2.05) is 24.4 Å². The van der Waals surface area contributed by atoms with Gasteiger partial charge in [-0.05, 0) is 36.2 Å². The minimum Gasteiger partial charge on any atom is -0.330 e. The third-order valence-electron chi connectivity index (χ3n) is 2.57. The monoisotopic (exact) mass is 212 g/mol. The van der Waals surface area contributed by atoms with Gasteiger partial charge in [0.1, 0.15) is 0 Å². The van der Waals surface area contributed by atoms with E-state index in [0.717, 1.165) is 18.5 Å². The van der Waals surface area contributed by atoms with Crippen LogP contribution in [0.4, 0.5) is 0 Å². The molecule has 2 heteroatoms. The first-order valence-corrected chi connectivity index (χ1v) is 5.56. The zero-order valence-electron chi connectivity index (χ0n) is 9.26. The molecular weight excluding hydrogens is 196 g/mol. The molecule has 2 aromatic rings. The molecule has 0 saturated carbocycles. The minimum absolute atomic E-state index is 0.708. The summed E-state index contributed by atoms with van der Waals surface area (Å²) < 4.78 is 0. The number of benzene rings is 1. The summed E-state index contributed by atoms with van der Waals surface area (Å²) in [6.45, 7) is 0.708. The van der Waals surface area contributed by atoms with Gasteiger partial charge in [-0.15, -0.1) is 0 Å². The van der Waals surface area contributed by atoms with Crippen molar-refractivity contribution in [3.05, 3.63) is 65.5 Å². The first kappa shape index (κ1) is 10.8. The van der Waals surface area contributed by atoms with Crippen LogP contribution in [0.25, 0.3) is 0 Å². The molecule has 1 aromatic heterocycles. The van der Waals surface area contributed by atoms with Crippen molar-refractivity contribution >= 4 is 0 Å². The Morgan fingerprint density at radius 1 is 0.938 bits per heavy atom. The van der Waals surface area contributed by atoms with Gasteiger partial charge in [-0.1, -0.05) is 30.3 Å². The predicted molar refractivity (Wildman–Crippen MR) is 66.2 cm³/mol. The van der Waals surface area contributed by atoms with Gasteiger partial charge < -0.3 is 5.73 Å². The maximum atomic E-state index is 5.51. The Labute approximate surface area is 96.1 Å². The number of rotatable bonds is 4. The van der Waals surface area contributed by atoms with E-state index in [2.05, 4.69) is 29.2 Å². The third-order valence-corrected chi connectivity index (χ3v) is 2.57. The second-order valence-electron chi connectivity index (χ2n) is 3.85. The zero-order valence-corrected chi connectivity index (χ0v) is 9.26. The SMILES string of the molecule is NCCc1ccc(Cc2ccccn2)cc1. The van der Waals surface area contributed by atoms with Gasteiger partial charge in [-0.25, -0.2) is 0 Å². The van der Waals surface area contributed by atoms with Gasteiger partial charge in [0.2, 0.25) is 0 Å². The van der Waals surface area contributed by atoms with Gasteiger partial charge in [0, 0.05) is 18.3 Å². The summed E-state index contributed by atoms with van der Waals surface area (Å²) in [5.74, 6) is 0. The van der Waals surface area contributed by atoms with Crippen LogP contribution in [-0.2, 0) is 12.8 Å². The molecule has 1 aromatic carbocycles. The van der Waals surface area contributed by atoms with E-state index in [-0.39, 0.29) is 0 Å². The summed E-state index contributed by atoms with van der Waals surface area (Å²) in [5, 5.41) is 0. The van der Waals surface area contributed by atoms with Crippen LogP contribution in [0.5, 0.6) is 0 Å². The summed E-state index contributed by atoms with van der Waals surface area (Å²) in [6, 6.07) is 14.6. The zero-order chi connectivity index (χ0) is 11.2. The highest BCUT2D eigenvalue weighted by Crippen LogP contribution is 2.09. The predicted octanol–water partition coefficient (Wildman–Crippen LogP) is 2.17. The molecule has 2 rings (SSSR count). The fourth-order valence-corrected chi connectivity index (χ4v) is 1.70. The third kappa shape index (κ3) is 2.91. The van der Waals surface area contributed by atoms with Crippen LogP contribution < -0.4 is 5.73 Å². The van der Waals surface area contributed by atoms with Gasteiger partial charge in [0.15, 0.2) is 0 Å². The van der Waals surface area contributed by atoms with Crippen LogP contribution in [-0.4, -0.2) is 11.5 Å². The second-order valence-corrected chi connectivity index (χ2v) is 3.85. The largest absolute Gasteiger partial charge is 0.330 e. The quantitative estimate of drug-likeness (QED) is 0.843. The van der Waals surface area contributed by atoms with Crippen LogP contribution in [0.1, 0.15) is 16.8 Å². The maximum absolute atomic E-state index is 5.51. The van der Waals surface area contributed by atoms with Crippen molar-refractivity contribution in [2.24, 2.45) is 5.73 Å². The number of hydrogen-bond donors (Lipinski definition) is 1. The number of hydrogen-bond acceptors (Lipinski definition) is 2. The van der Waals surface area contributed by atoms with Crippen molar-refractivity contribution in [1.82, 2.24) is 4.98 Å². The second kappa shape index (κ2) is 5.42. The topological polar surface area (TPSA) is 38.9 Å². The summed E-state index contributed by atoms with van der Waals surface area (Å²) >= 11 is 0. The van der Waals surface area contributed by atoms with E-state index in [4.69, 9.17) is 5.73 Å². The first-order valence-electron chi connectivity index (χ1n) is 5.56. The van der Waals surface area contributed by atoms with Crippen molar-refractivity contribution in [2.75, 3.05) is 6.54 Å². The van der Waals surface area contributed by atoms with Gasteiger partial charge in [-0.2, -0.15) is 0 Å². The first-order chi connectivity index (χ1) is 7.88. The minimum atomic E-state index is 0.708. The summed E-state index contributed by atoms with van der Waals surface area (Å²) in [7, 11) is 0. The van der Waals surface area contributed by atoms with Gasteiger partial charge >= 0.3 is 0 Å². The van der Waals surface area contributed by atoms with Crippen molar-refractivity contribution in [3.8, 4) is 0 Å². The highest BCUT2D eigenvalue weighted by molar-refractivity contribution is 5.26. The molecule has 0 bridgehead atoms. The van der Waals surface area contributed by atoms with E-state index in [1.165, 1.54) is 11.1 Å². The molecule has 0 amide bonds. The van der Waals surface area contributed by atoms with Crippen LogP contribution in [0, 0.1) is 0 Å². The van der Waals surface area contributed by atoms with Crippen LogP contribution in [0.15, 0.2) is 48.7 Å². The maximum Gasteiger partial charge on any atom is 0.0447 e. The normalized spacial score (nSPS) is 10.3. The molecular formula is C14H16N2. The van der Waals surface area contributed by atoms with E-state index < -0.39 is 0 Å². The number of nitrogens with two attached hydrogens (primary N) is 1. The molecule has 0 atom stereocenters. The molecule has 0 saturated heterocycles. The Morgan fingerprint density at radius 3 is 2.31 bits per heavy atom. The molecule has 2 N–H and O–H groups in total. The molecule has 16 heavy (non-hydrogen) atoms. The molecule has 0 unspecified atom stereocenters. The molecule has 82 valence electrons. The molecule has 1 heterocycles. The van der Waals surface area contributed by atoms with Gasteiger partial charge in [0.25, 0.3) is 0 Å². The Hall–Kier alpha value is -1.67. The van der Waals surface area contributed by atoms with Crippen LogP contribution in [0.2, 0.25) is 0 Å². The van der Waals surface area contributed by atoms with Gasteiger partial charge in [-0.3, -0.25) is 4.98 Å². The molecule has 0 aliphatic heterocycles. The molecule has 0 spiro atoms. The molecule has 2 nitrogen and oxygen atoms in total. The Kier molecular flexibility index (Phi) is 3.67. The molecule has 0 radical (unpaired) electrons. The van der Waals surface area contributed by atoms with Crippen molar-refractivity contribution < 1.29 is 0 Å². The number of nitrogens with zero attached hydrogens (tertiary/aromatic N) is 1. The summed E-state index contributed by atoms with van der Waals surface area (Å²) in [6.07, 6.45) is 3.67. The number of aromatic nitrogens is 1. The fraction of sp³-hybridized carbons (Fsp3) is 0.214. The van der Waals surface area contributed by atoms with Crippen LogP contribution >= 0.6 is 0 Å². The Bertz CT molecular complexity index is 420. The van der Waals surface area contributed by atoms with Crippen LogP contribution in [0.3, 0.4) is 0 Å². The highest BCUT2D eigenvalue weighted by Gasteiger charge is 1.97. The lowest BCUT2D eigenvalue weighted by Crippen LogP contribution is -2.02. The Morgan fingerprint density at radius 2 is 1.69 bits per heavy atom. The molecule has 0 fully saturated rings. The smallest absolute Gasteiger partial charge is 0.0447 e. The molecule has 0 aliphatic carbocycles. The average molecular weight is 212 g/mol. The fourth-order valence-electron chi connectivity index (χ4n) is 1.70. The van der Waals surface area contributed by atoms with Crippen molar-refractivity contribution in [2.45, 2.75) is 12.8 Å². The van der Waals surface area contributed by atoms with E-state index in [0.29, 0.717) is 6.54 Å². The van der Waals surface area contributed by atoms with Crippen molar-refractivity contribution in [1.29, 1.82) is 0 Å². The highest BCUT2D eigenvalue weighted by atomic mass is 14.7. The van der Waals surface area contributed by atoms with E-state index in [9.17, 15) is 0 Å². The van der Waals surface area contributed by atoms with Crippen molar-refractivity contribution in [3.63, 3.8) is 0 Å². The lowest BCUT2D eigenvalue weighted by Gasteiger charge is -2.03.